The average molecular weight is 208 g/mol. The molecule has 1 heterocycles. The number of hydrogen-bond donors (Lipinski definition) is 1. The third-order valence-electron chi connectivity index (χ3n) is 1.81. The van der Waals surface area contributed by atoms with E-state index in [9.17, 15) is 5.11 Å². The Morgan fingerprint density at radius 3 is 2.79 bits per heavy atom. The van der Waals surface area contributed by atoms with Crippen LogP contribution in [0.25, 0.3) is 6.08 Å². The summed E-state index contributed by atoms with van der Waals surface area (Å²) in [5, 5.41) is 11.0. The SMILES string of the molecule is Cl.Oc1ccc2/c(c1)=N\C=C/C=C\C=2. The average Bonchev–Trinajstić information content (AvgIpc) is 2.08. The van der Waals surface area contributed by atoms with Crippen LogP contribution in [-0.4, -0.2) is 5.11 Å². The normalized spacial score (nSPS) is 22.0. The molecule has 72 valence electrons. The van der Waals surface area contributed by atoms with E-state index in [4.69, 9.17) is 0 Å². The van der Waals surface area contributed by atoms with Crippen molar-refractivity contribution in [2.45, 2.75) is 0 Å². The number of halogens is 1. The Morgan fingerprint density at radius 2 is 1.93 bits per heavy atom. The van der Waals surface area contributed by atoms with E-state index in [1.54, 1.807) is 18.3 Å². The first-order valence-corrected chi connectivity index (χ1v) is 4.07. The van der Waals surface area contributed by atoms with Crippen LogP contribution in [0.4, 0.5) is 0 Å². The van der Waals surface area contributed by atoms with Gasteiger partial charge in [-0.05, 0) is 18.2 Å². The molecule has 1 N–H and O–H groups in total. The Kier molecular flexibility index (Phi) is 3.48. The lowest BCUT2D eigenvalue weighted by Crippen LogP contribution is -2.23. The molecule has 0 bridgehead atoms. The highest BCUT2D eigenvalue weighted by Crippen LogP contribution is 1.98. The highest BCUT2D eigenvalue weighted by molar-refractivity contribution is 5.85. The standard InChI is InChI=1S/C11H9NO.ClH/c13-10-6-5-9-4-2-1-3-7-12-11(9)8-10;/h1-8,13H;1H/b2-1-,3-1?,4-2?,7-3-,9-4-,12-7?,12-11-;. The van der Waals surface area contributed by atoms with Crippen molar-refractivity contribution in [2.24, 2.45) is 4.99 Å². The van der Waals surface area contributed by atoms with E-state index in [0.29, 0.717) is 0 Å². The number of fused-ring (bicyclic) bond motifs is 1. The summed E-state index contributed by atoms with van der Waals surface area (Å²) in [6, 6.07) is 5.15. The molecule has 0 radical (unpaired) electrons. The van der Waals surface area contributed by atoms with Crippen LogP contribution < -0.4 is 10.6 Å². The van der Waals surface area contributed by atoms with Crippen LogP contribution in [0, 0.1) is 0 Å². The van der Waals surface area contributed by atoms with Crippen LogP contribution in [0.2, 0.25) is 0 Å². The van der Waals surface area contributed by atoms with Crippen molar-refractivity contribution in [3.05, 3.63) is 53.2 Å². The molecule has 1 aromatic rings. The fourth-order valence-electron chi connectivity index (χ4n) is 1.18. The zero-order valence-electron chi connectivity index (χ0n) is 7.42. The minimum Gasteiger partial charge on any atom is -0.508 e. The van der Waals surface area contributed by atoms with Crippen molar-refractivity contribution < 1.29 is 5.11 Å². The third kappa shape index (κ3) is 2.24. The fourth-order valence-corrected chi connectivity index (χ4v) is 1.18. The molecule has 0 saturated carbocycles. The summed E-state index contributed by atoms with van der Waals surface area (Å²) < 4.78 is 0. The summed E-state index contributed by atoms with van der Waals surface area (Å²) in [6.07, 6.45) is 9.38. The molecule has 0 spiro atoms. The van der Waals surface area contributed by atoms with Gasteiger partial charge in [0.15, 0.2) is 0 Å². The monoisotopic (exact) mass is 207 g/mol. The largest absolute Gasteiger partial charge is 0.508 e. The molecule has 0 amide bonds. The number of benzene rings is 1. The zero-order chi connectivity index (χ0) is 9.10. The van der Waals surface area contributed by atoms with E-state index in [1.807, 2.05) is 30.4 Å². The van der Waals surface area contributed by atoms with Crippen molar-refractivity contribution in [3.63, 3.8) is 0 Å². The van der Waals surface area contributed by atoms with Crippen molar-refractivity contribution in [3.8, 4) is 5.75 Å². The van der Waals surface area contributed by atoms with Gasteiger partial charge in [0.1, 0.15) is 5.75 Å². The minimum atomic E-state index is 0. The zero-order valence-corrected chi connectivity index (χ0v) is 8.24. The molecule has 1 aliphatic rings. The van der Waals surface area contributed by atoms with E-state index in [-0.39, 0.29) is 18.2 Å². The Morgan fingerprint density at radius 1 is 1.07 bits per heavy atom. The number of aromatic hydroxyl groups is 1. The molecule has 0 aliphatic carbocycles. The number of phenolic OH excluding ortho intramolecular Hbond substituents is 1. The Labute approximate surface area is 88.0 Å². The second-order valence-corrected chi connectivity index (χ2v) is 2.77. The van der Waals surface area contributed by atoms with Crippen LogP contribution in [0.1, 0.15) is 0 Å². The van der Waals surface area contributed by atoms with Crippen LogP contribution in [0.3, 0.4) is 0 Å². The van der Waals surface area contributed by atoms with Crippen LogP contribution in [0.15, 0.2) is 47.6 Å². The lowest BCUT2D eigenvalue weighted by atomic mass is 10.2. The smallest absolute Gasteiger partial charge is 0.117 e. The summed E-state index contributed by atoms with van der Waals surface area (Å²) in [4.78, 5) is 4.18. The maximum absolute atomic E-state index is 9.23. The summed E-state index contributed by atoms with van der Waals surface area (Å²) in [6.45, 7) is 0. The summed E-state index contributed by atoms with van der Waals surface area (Å²) in [5.41, 5.74) is 0. The first kappa shape index (κ1) is 10.5. The second-order valence-electron chi connectivity index (χ2n) is 2.77. The van der Waals surface area contributed by atoms with Gasteiger partial charge < -0.3 is 5.11 Å². The first-order valence-electron chi connectivity index (χ1n) is 4.07. The maximum Gasteiger partial charge on any atom is 0.117 e. The molecule has 1 aliphatic heterocycles. The Balaban J connectivity index is 0.000000980. The molecule has 14 heavy (non-hydrogen) atoms. The number of hydrogen-bond acceptors (Lipinski definition) is 2. The van der Waals surface area contributed by atoms with Crippen molar-refractivity contribution in [1.29, 1.82) is 0 Å². The molecule has 0 atom stereocenters. The van der Waals surface area contributed by atoms with Gasteiger partial charge in [-0.1, -0.05) is 18.2 Å². The second kappa shape index (κ2) is 4.63. The molecule has 0 fully saturated rings. The van der Waals surface area contributed by atoms with Gasteiger partial charge in [-0.3, -0.25) is 4.99 Å². The summed E-state index contributed by atoms with van der Waals surface area (Å²) in [5.74, 6) is 0.244. The van der Waals surface area contributed by atoms with Crippen LogP contribution in [-0.2, 0) is 0 Å². The van der Waals surface area contributed by atoms with Gasteiger partial charge in [-0.15, -0.1) is 12.4 Å². The van der Waals surface area contributed by atoms with Gasteiger partial charge in [0.2, 0.25) is 0 Å². The maximum atomic E-state index is 9.23. The molecule has 1 aromatic carbocycles. The minimum absolute atomic E-state index is 0. The number of allylic oxidation sites excluding steroid dienone is 3. The third-order valence-corrected chi connectivity index (χ3v) is 1.81. The topological polar surface area (TPSA) is 32.6 Å². The molecule has 0 aromatic heterocycles. The van der Waals surface area contributed by atoms with Gasteiger partial charge in [-0.25, -0.2) is 0 Å². The van der Waals surface area contributed by atoms with Gasteiger partial charge in [0, 0.05) is 17.5 Å². The molecular formula is C11H10ClNO. The Bertz CT molecular complexity index is 488. The predicted octanol–water partition coefficient (Wildman–Crippen LogP) is 1.30. The predicted molar refractivity (Wildman–Crippen MR) is 58.9 cm³/mol. The van der Waals surface area contributed by atoms with Crippen LogP contribution in [0.5, 0.6) is 5.75 Å². The quantitative estimate of drug-likeness (QED) is 0.684. The van der Waals surface area contributed by atoms with E-state index >= 15 is 0 Å². The van der Waals surface area contributed by atoms with E-state index in [1.165, 1.54) is 0 Å². The van der Waals surface area contributed by atoms with Crippen molar-refractivity contribution in [2.75, 3.05) is 0 Å². The molecule has 0 saturated heterocycles. The van der Waals surface area contributed by atoms with E-state index in [0.717, 1.165) is 10.6 Å². The lowest BCUT2D eigenvalue weighted by Gasteiger charge is -1.92. The number of nitrogens with zero attached hydrogens (tertiary/aromatic N) is 1. The molecule has 0 unspecified atom stereocenters. The van der Waals surface area contributed by atoms with Gasteiger partial charge in [0.25, 0.3) is 0 Å². The number of phenols is 1. The van der Waals surface area contributed by atoms with E-state index in [2.05, 4.69) is 4.99 Å². The fraction of sp³-hybridized carbons (Fsp3) is 0. The molecule has 2 rings (SSSR count). The molecule has 2 nitrogen and oxygen atoms in total. The molecular weight excluding hydrogens is 198 g/mol. The van der Waals surface area contributed by atoms with Gasteiger partial charge in [-0.2, -0.15) is 0 Å². The van der Waals surface area contributed by atoms with Crippen LogP contribution >= 0.6 is 12.4 Å². The highest BCUT2D eigenvalue weighted by Gasteiger charge is 1.89. The highest BCUT2D eigenvalue weighted by atomic mass is 35.5. The van der Waals surface area contributed by atoms with E-state index < -0.39 is 0 Å². The van der Waals surface area contributed by atoms with Gasteiger partial charge in [0.05, 0.1) is 5.36 Å². The van der Waals surface area contributed by atoms with Crippen molar-refractivity contribution >= 4 is 18.5 Å². The lowest BCUT2D eigenvalue weighted by molar-refractivity contribution is 0.474. The first-order chi connectivity index (χ1) is 6.36. The van der Waals surface area contributed by atoms with Crippen molar-refractivity contribution in [1.82, 2.24) is 0 Å². The molecule has 3 heteroatoms. The summed E-state index contributed by atoms with van der Waals surface area (Å²) >= 11 is 0. The Hall–Kier alpha value is -1.54. The number of rotatable bonds is 0. The summed E-state index contributed by atoms with van der Waals surface area (Å²) in [7, 11) is 0. The van der Waals surface area contributed by atoms with Gasteiger partial charge >= 0.3 is 0 Å².